The zero-order valence-corrected chi connectivity index (χ0v) is 17.8. The highest BCUT2D eigenvalue weighted by Crippen LogP contribution is 2.52. The molecule has 6 heteroatoms. The molecule has 2 aliphatic heterocycles. The van der Waals surface area contributed by atoms with Crippen LogP contribution in [0.5, 0.6) is 11.5 Å². The van der Waals surface area contributed by atoms with Gasteiger partial charge in [0.1, 0.15) is 13.2 Å². The molecule has 1 atom stereocenters. The van der Waals surface area contributed by atoms with Gasteiger partial charge < -0.3 is 14.0 Å². The number of nitrogens with zero attached hydrogens (tertiary/aromatic N) is 3. The van der Waals surface area contributed by atoms with Gasteiger partial charge in [0.05, 0.1) is 6.54 Å². The van der Waals surface area contributed by atoms with E-state index in [9.17, 15) is 0 Å². The second-order valence-corrected chi connectivity index (χ2v) is 9.03. The minimum atomic E-state index is 0.167. The van der Waals surface area contributed by atoms with Crippen LogP contribution in [-0.4, -0.2) is 34.8 Å². The summed E-state index contributed by atoms with van der Waals surface area (Å²) in [6, 6.07) is 14.7. The monoisotopic (exact) mass is 417 g/mol. The largest absolute Gasteiger partial charge is 0.486 e. The summed E-state index contributed by atoms with van der Waals surface area (Å²) in [4.78, 5) is 7.18. The van der Waals surface area contributed by atoms with Crippen LogP contribution in [0.15, 0.2) is 47.0 Å². The van der Waals surface area contributed by atoms with E-state index in [1.807, 2.05) is 30.3 Å². The highest BCUT2D eigenvalue weighted by Gasteiger charge is 2.45. The van der Waals surface area contributed by atoms with Crippen LogP contribution in [0, 0.1) is 0 Å². The predicted molar refractivity (Wildman–Crippen MR) is 116 cm³/mol. The van der Waals surface area contributed by atoms with E-state index in [2.05, 4.69) is 34.1 Å². The van der Waals surface area contributed by atoms with Crippen LogP contribution in [-0.2, 0) is 12.0 Å². The molecular weight excluding hydrogens is 390 g/mol. The quantitative estimate of drug-likeness (QED) is 0.604. The number of hydrogen-bond acceptors (Lipinski definition) is 6. The fourth-order valence-electron chi connectivity index (χ4n) is 5.59. The Morgan fingerprint density at radius 1 is 1.03 bits per heavy atom. The molecule has 1 unspecified atom stereocenters. The van der Waals surface area contributed by atoms with Crippen molar-refractivity contribution in [1.82, 2.24) is 15.0 Å². The maximum absolute atomic E-state index is 5.92. The number of fused-ring (bicyclic) bond motifs is 3. The van der Waals surface area contributed by atoms with Crippen molar-refractivity contribution in [3.63, 3.8) is 0 Å². The van der Waals surface area contributed by atoms with Gasteiger partial charge in [-0.1, -0.05) is 48.3 Å². The Balaban J connectivity index is 1.34. The molecule has 1 saturated carbocycles. The molecule has 6 rings (SSSR count). The molecule has 3 aromatic rings. The van der Waals surface area contributed by atoms with Crippen molar-refractivity contribution >= 4 is 0 Å². The van der Waals surface area contributed by atoms with Crippen molar-refractivity contribution in [3.8, 4) is 22.9 Å². The molecule has 1 aliphatic carbocycles. The van der Waals surface area contributed by atoms with Gasteiger partial charge in [0, 0.05) is 23.6 Å². The van der Waals surface area contributed by atoms with Crippen LogP contribution in [0.2, 0.25) is 0 Å². The van der Waals surface area contributed by atoms with Crippen molar-refractivity contribution in [3.05, 3.63) is 59.5 Å². The Morgan fingerprint density at radius 3 is 2.55 bits per heavy atom. The van der Waals surface area contributed by atoms with E-state index < -0.39 is 0 Å². The molecule has 1 aromatic heterocycles. The van der Waals surface area contributed by atoms with Gasteiger partial charge in [-0.05, 0) is 43.0 Å². The van der Waals surface area contributed by atoms with Crippen molar-refractivity contribution in [1.29, 1.82) is 0 Å². The van der Waals surface area contributed by atoms with E-state index in [1.165, 1.54) is 36.8 Å². The first-order valence-electron chi connectivity index (χ1n) is 11.3. The highest BCUT2D eigenvalue weighted by atomic mass is 16.6. The normalized spacial score (nSPS) is 21.9. The molecule has 0 saturated heterocycles. The molecule has 2 aromatic carbocycles. The van der Waals surface area contributed by atoms with Gasteiger partial charge in [0.2, 0.25) is 11.7 Å². The van der Waals surface area contributed by atoms with Crippen molar-refractivity contribution in [2.45, 2.75) is 50.6 Å². The number of aromatic nitrogens is 2. The molecular formula is C25H27N3O3. The third kappa shape index (κ3) is 3.21. The fraction of sp³-hybridized carbons (Fsp3) is 0.440. The first-order chi connectivity index (χ1) is 15.2. The minimum absolute atomic E-state index is 0.167. The van der Waals surface area contributed by atoms with Gasteiger partial charge in [-0.3, -0.25) is 4.90 Å². The van der Waals surface area contributed by atoms with Crippen molar-refractivity contribution < 1.29 is 14.0 Å². The number of ether oxygens (including phenoxy) is 2. The van der Waals surface area contributed by atoms with E-state index in [0.717, 1.165) is 23.6 Å². The summed E-state index contributed by atoms with van der Waals surface area (Å²) in [7, 11) is 0. The standard InChI is InChI=1S/C25H27N3O3/c1-17-19-13-21-22(30-12-11-29-21)14-20(19)25(9-5-6-10-25)16-28(17)15-23-26-24(27-31-23)18-7-3-2-4-8-18/h2-4,7-8,13-14,17H,5-6,9-12,15-16H2,1H3. The van der Waals surface area contributed by atoms with E-state index >= 15 is 0 Å². The topological polar surface area (TPSA) is 60.6 Å². The molecule has 1 fully saturated rings. The third-order valence-electron chi connectivity index (χ3n) is 7.19. The van der Waals surface area contributed by atoms with Gasteiger partial charge >= 0.3 is 0 Å². The first kappa shape index (κ1) is 18.9. The van der Waals surface area contributed by atoms with Crippen LogP contribution in [0.4, 0.5) is 0 Å². The molecule has 3 heterocycles. The summed E-state index contributed by atoms with van der Waals surface area (Å²) < 4.78 is 17.5. The van der Waals surface area contributed by atoms with Crippen LogP contribution in [0.1, 0.15) is 55.7 Å². The lowest BCUT2D eigenvalue weighted by Gasteiger charge is -2.46. The average molecular weight is 418 g/mol. The van der Waals surface area contributed by atoms with Crippen molar-refractivity contribution in [2.75, 3.05) is 19.8 Å². The van der Waals surface area contributed by atoms with Gasteiger partial charge in [0.15, 0.2) is 11.5 Å². The summed E-state index contributed by atoms with van der Waals surface area (Å²) >= 11 is 0. The Bertz CT molecular complexity index is 1090. The molecule has 6 nitrogen and oxygen atoms in total. The SMILES string of the molecule is CC1c2cc3c(cc2C2(CCCC2)CN1Cc1nc(-c2ccccc2)no1)OCCO3. The Morgan fingerprint density at radius 2 is 1.77 bits per heavy atom. The fourth-order valence-corrected chi connectivity index (χ4v) is 5.59. The molecule has 0 bridgehead atoms. The molecule has 0 amide bonds. The molecule has 3 aliphatic rings. The van der Waals surface area contributed by atoms with E-state index in [-0.39, 0.29) is 11.5 Å². The summed E-state index contributed by atoms with van der Waals surface area (Å²) in [5.74, 6) is 3.09. The maximum atomic E-state index is 5.92. The Labute approximate surface area is 182 Å². The molecule has 0 N–H and O–H groups in total. The zero-order chi connectivity index (χ0) is 20.8. The minimum Gasteiger partial charge on any atom is -0.486 e. The van der Waals surface area contributed by atoms with Gasteiger partial charge in [-0.25, -0.2) is 0 Å². The third-order valence-corrected chi connectivity index (χ3v) is 7.19. The van der Waals surface area contributed by atoms with Crippen LogP contribution in [0.25, 0.3) is 11.4 Å². The second kappa shape index (κ2) is 7.38. The summed E-state index contributed by atoms with van der Waals surface area (Å²) in [6.07, 6.45) is 4.97. The predicted octanol–water partition coefficient (Wildman–Crippen LogP) is 4.90. The van der Waals surface area contributed by atoms with Crippen LogP contribution in [0.3, 0.4) is 0 Å². The van der Waals surface area contributed by atoms with E-state index in [0.29, 0.717) is 31.5 Å². The summed E-state index contributed by atoms with van der Waals surface area (Å²) in [5, 5.41) is 4.22. The smallest absolute Gasteiger partial charge is 0.241 e. The average Bonchev–Trinajstić information content (AvgIpc) is 3.48. The maximum Gasteiger partial charge on any atom is 0.241 e. The lowest BCUT2D eigenvalue weighted by Crippen LogP contribution is -2.45. The van der Waals surface area contributed by atoms with Crippen LogP contribution < -0.4 is 9.47 Å². The second-order valence-electron chi connectivity index (χ2n) is 9.03. The lowest BCUT2D eigenvalue weighted by molar-refractivity contribution is 0.111. The Kier molecular flexibility index (Phi) is 4.49. The zero-order valence-electron chi connectivity index (χ0n) is 17.8. The number of hydrogen-bond donors (Lipinski definition) is 0. The lowest BCUT2D eigenvalue weighted by atomic mass is 9.71. The highest BCUT2D eigenvalue weighted by molar-refractivity contribution is 5.54. The molecule has 1 spiro atoms. The summed E-state index contributed by atoms with van der Waals surface area (Å²) in [5.41, 5.74) is 3.94. The molecule has 0 radical (unpaired) electrons. The molecule has 160 valence electrons. The number of benzene rings is 2. The first-order valence-corrected chi connectivity index (χ1v) is 11.3. The number of rotatable bonds is 3. The van der Waals surface area contributed by atoms with E-state index in [1.54, 1.807) is 0 Å². The van der Waals surface area contributed by atoms with E-state index in [4.69, 9.17) is 14.0 Å². The summed E-state index contributed by atoms with van der Waals surface area (Å²) in [6.45, 7) is 5.16. The van der Waals surface area contributed by atoms with Gasteiger partial charge in [-0.15, -0.1) is 0 Å². The van der Waals surface area contributed by atoms with Crippen molar-refractivity contribution in [2.24, 2.45) is 0 Å². The Hall–Kier alpha value is -2.86. The molecule has 31 heavy (non-hydrogen) atoms. The van der Waals surface area contributed by atoms with Crippen LogP contribution >= 0.6 is 0 Å². The van der Waals surface area contributed by atoms with Gasteiger partial charge in [0.25, 0.3) is 0 Å². The van der Waals surface area contributed by atoms with Gasteiger partial charge in [-0.2, -0.15) is 4.98 Å².